The van der Waals surface area contributed by atoms with Gasteiger partial charge in [-0.3, -0.25) is 0 Å². The topological polar surface area (TPSA) is 29.0 Å². The van der Waals surface area contributed by atoms with Crippen molar-refractivity contribution in [3.63, 3.8) is 0 Å². The third-order valence-corrected chi connectivity index (χ3v) is 2.72. The Bertz CT molecular complexity index is 315. The van der Waals surface area contributed by atoms with Crippen LogP contribution in [0.5, 0.6) is 0 Å². The molecule has 0 fully saturated rings. The van der Waals surface area contributed by atoms with Crippen LogP contribution in [0, 0.1) is 0 Å². The minimum absolute atomic E-state index is 0.581. The third kappa shape index (κ3) is 2.81. The van der Waals surface area contributed by atoms with E-state index in [9.17, 15) is 0 Å². The highest BCUT2D eigenvalue weighted by atomic mass is 35.5. The number of hydrogen-bond acceptors (Lipinski definition) is 3. The van der Waals surface area contributed by atoms with Gasteiger partial charge in [-0.25, -0.2) is 9.97 Å². The van der Waals surface area contributed by atoms with Crippen molar-refractivity contribution in [2.45, 2.75) is 33.6 Å². The first-order chi connectivity index (χ1) is 7.24. The van der Waals surface area contributed by atoms with Crippen molar-refractivity contribution in [1.29, 1.82) is 0 Å². The first-order valence-corrected chi connectivity index (χ1v) is 5.86. The summed E-state index contributed by atoms with van der Waals surface area (Å²) in [4.78, 5) is 10.6. The van der Waals surface area contributed by atoms with Crippen LogP contribution in [0.4, 0.5) is 5.82 Å². The van der Waals surface area contributed by atoms with Gasteiger partial charge in [0.15, 0.2) is 0 Å². The lowest BCUT2D eigenvalue weighted by Gasteiger charge is -2.23. The van der Waals surface area contributed by atoms with Crippen LogP contribution < -0.4 is 4.90 Å². The summed E-state index contributed by atoms with van der Waals surface area (Å²) in [6.07, 6.45) is 3.52. The van der Waals surface area contributed by atoms with Crippen molar-refractivity contribution in [1.82, 2.24) is 9.97 Å². The van der Waals surface area contributed by atoms with E-state index in [0.29, 0.717) is 5.15 Å². The fraction of sp³-hybridized carbons (Fsp3) is 0.636. The summed E-state index contributed by atoms with van der Waals surface area (Å²) in [6, 6.07) is 0. The molecule has 0 aliphatic rings. The molecule has 0 amide bonds. The maximum absolute atomic E-state index is 6.05. The summed E-state index contributed by atoms with van der Waals surface area (Å²) in [5.41, 5.74) is 1.05. The quantitative estimate of drug-likeness (QED) is 0.725. The predicted molar refractivity (Wildman–Crippen MR) is 64.6 cm³/mol. The van der Waals surface area contributed by atoms with Crippen molar-refractivity contribution in [3.8, 4) is 0 Å². The Hall–Kier alpha value is -0.830. The molecule has 0 bridgehead atoms. The molecule has 1 aromatic rings. The van der Waals surface area contributed by atoms with Crippen LogP contribution >= 0.6 is 11.6 Å². The zero-order valence-corrected chi connectivity index (χ0v) is 10.4. The number of aromatic nitrogens is 2. The van der Waals surface area contributed by atoms with Crippen molar-refractivity contribution < 1.29 is 0 Å². The van der Waals surface area contributed by atoms with E-state index in [1.807, 2.05) is 0 Å². The van der Waals surface area contributed by atoms with Gasteiger partial charge in [0.1, 0.15) is 17.3 Å². The molecule has 0 unspecified atom stereocenters. The maximum atomic E-state index is 6.05. The highest BCUT2D eigenvalue weighted by Crippen LogP contribution is 2.23. The highest BCUT2D eigenvalue weighted by Gasteiger charge is 2.12. The molecule has 0 saturated carbocycles. The maximum Gasteiger partial charge on any atom is 0.137 e. The van der Waals surface area contributed by atoms with E-state index >= 15 is 0 Å². The standard InChI is InChI=1S/C11H18ClN3/c1-4-7-15(6-3)11-9(5-2)10(12)13-8-14-11/h8H,4-7H2,1-3H3. The number of hydrogen-bond donors (Lipinski definition) is 0. The van der Waals surface area contributed by atoms with Crippen molar-refractivity contribution in [2.24, 2.45) is 0 Å². The van der Waals surface area contributed by atoms with Gasteiger partial charge in [-0.15, -0.1) is 0 Å². The van der Waals surface area contributed by atoms with Gasteiger partial charge in [0.2, 0.25) is 0 Å². The monoisotopic (exact) mass is 227 g/mol. The van der Waals surface area contributed by atoms with E-state index in [1.165, 1.54) is 6.33 Å². The molecule has 4 heteroatoms. The Morgan fingerprint density at radius 1 is 1.27 bits per heavy atom. The molecule has 15 heavy (non-hydrogen) atoms. The van der Waals surface area contributed by atoms with Gasteiger partial charge in [-0.1, -0.05) is 25.4 Å². The van der Waals surface area contributed by atoms with E-state index in [1.54, 1.807) is 0 Å². The molecular weight excluding hydrogens is 210 g/mol. The van der Waals surface area contributed by atoms with Gasteiger partial charge >= 0.3 is 0 Å². The Kier molecular flexibility index (Phi) is 4.82. The van der Waals surface area contributed by atoms with E-state index < -0.39 is 0 Å². The second kappa shape index (κ2) is 5.91. The molecule has 0 radical (unpaired) electrons. The lowest BCUT2D eigenvalue weighted by Crippen LogP contribution is -2.26. The van der Waals surface area contributed by atoms with Gasteiger partial charge in [0.05, 0.1) is 0 Å². The average molecular weight is 228 g/mol. The highest BCUT2D eigenvalue weighted by molar-refractivity contribution is 6.30. The smallest absolute Gasteiger partial charge is 0.137 e. The largest absolute Gasteiger partial charge is 0.357 e. The Morgan fingerprint density at radius 2 is 2.00 bits per heavy atom. The van der Waals surface area contributed by atoms with E-state index in [-0.39, 0.29) is 0 Å². The third-order valence-electron chi connectivity index (χ3n) is 2.40. The Balaban J connectivity index is 3.04. The molecule has 0 aliphatic heterocycles. The minimum Gasteiger partial charge on any atom is -0.357 e. The van der Waals surface area contributed by atoms with Crippen LogP contribution in [0.25, 0.3) is 0 Å². The molecule has 0 N–H and O–H groups in total. The molecule has 0 spiro atoms. The number of halogens is 1. The normalized spacial score (nSPS) is 10.4. The summed E-state index contributed by atoms with van der Waals surface area (Å²) in [7, 11) is 0. The van der Waals surface area contributed by atoms with Gasteiger partial charge in [-0.2, -0.15) is 0 Å². The fourth-order valence-electron chi connectivity index (χ4n) is 1.64. The van der Waals surface area contributed by atoms with Crippen LogP contribution in [-0.4, -0.2) is 23.1 Å². The summed E-state index contributed by atoms with van der Waals surface area (Å²) >= 11 is 6.05. The lowest BCUT2D eigenvalue weighted by molar-refractivity contribution is 0.768. The SMILES string of the molecule is CCCN(CC)c1ncnc(Cl)c1CC. The van der Waals surface area contributed by atoms with Crippen LogP contribution in [0.1, 0.15) is 32.8 Å². The second-order valence-electron chi connectivity index (χ2n) is 3.40. The van der Waals surface area contributed by atoms with Crippen molar-refractivity contribution in [3.05, 3.63) is 17.0 Å². The molecule has 0 saturated heterocycles. The van der Waals surface area contributed by atoms with Crippen LogP contribution in [0.2, 0.25) is 5.15 Å². The molecule has 1 heterocycles. The number of nitrogens with zero attached hydrogens (tertiary/aromatic N) is 3. The van der Waals surface area contributed by atoms with Crippen LogP contribution in [0.3, 0.4) is 0 Å². The Morgan fingerprint density at radius 3 is 2.53 bits per heavy atom. The van der Waals surface area contributed by atoms with Gasteiger partial charge in [0, 0.05) is 18.7 Å². The number of anilines is 1. The Labute approximate surface area is 96.5 Å². The lowest BCUT2D eigenvalue weighted by atomic mass is 10.2. The average Bonchev–Trinajstić information content (AvgIpc) is 2.25. The minimum atomic E-state index is 0.581. The zero-order valence-electron chi connectivity index (χ0n) is 9.63. The van der Waals surface area contributed by atoms with Gasteiger partial charge in [0.25, 0.3) is 0 Å². The predicted octanol–water partition coefficient (Wildman–Crippen LogP) is 2.93. The first-order valence-electron chi connectivity index (χ1n) is 5.48. The zero-order chi connectivity index (χ0) is 11.3. The molecule has 0 aliphatic carbocycles. The van der Waals surface area contributed by atoms with Gasteiger partial charge in [-0.05, 0) is 19.8 Å². The van der Waals surface area contributed by atoms with E-state index in [0.717, 1.165) is 37.3 Å². The number of rotatable bonds is 5. The van der Waals surface area contributed by atoms with E-state index in [4.69, 9.17) is 11.6 Å². The first kappa shape index (κ1) is 12.2. The summed E-state index contributed by atoms with van der Waals surface area (Å²) in [5.74, 6) is 0.988. The second-order valence-corrected chi connectivity index (χ2v) is 3.76. The molecule has 0 atom stereocenters. The van der Waals surface area contributed by atoms with Gasteiger partial charge < -0.3 is 4.90 Å². The fourth-order valence-corrected chi connectivity index (χ4v) is 1.90. The molecule has 1 rings (SSSR count). The molecule has 84 valence electrons. The van der Waals surface area contributed by atoms with Crippen molar-refractivity contribution >= 4 is 17.4 Å². The molecule has 1 aromatic heterocycles. The summed E-state index contributed by atoms with van der Waals surface area (Å²) < 4.78 is 0. The summed E-state index contributed by atoms with van der Waals surface area (Å²) in [5, 5.41) is 0.581. The van der Waals surface area contributed by atoms with Crippen molar-refractivity contribution in [2.75, 3.05) is 18.0 Å². The molecular formula is C11H18ClN3. The van der Waals surface area contributed by atoms with Crippen LogP contribution in [-0.2, 0) is 6.42 Å². The summed E-state index contributed by atoms with van der Waals surface area (Å²) in [6.45, 7) is 8.33. The van der Waals surface area contributed by atoms with Crippen LogP contribution in [0.15, 0.2) is 6.33 Å². The molecule has 0 aromatic carbocycles. The van der Waals surface area contributed by atoms with E-state index in [2.05, 4.69) is 35.6 Å². The molecule has 3 nitrogen and oxygen atoms in total.